The number of hydrogen-bond acceptors (Lipinski definition) is 4. The Morgan fingerprint density at radius 3 is 2.56 bits per heavy atom. The van der Waals surface area contributed by atoms with Crippen molar-refractivity contribution in [1.29, 1.82) is 0 Å². The molecule has 1 aromatic heterocycles. The fourth-order valence-electron chi connectivity index (χ4n) is 2.72. The van der Waals surface area contributed by atoms with Crippen LogP contribution in [-0.4, -0.2) is 37.5 Å². The first kappa shape index (κ1) is 13.5. The molecule has 0 aliphatic heterocycles. The molecule has 4 nitrogen and oxygen atoms in total. The Kier molecular flexibility index (Phi) is 4.37. The number of carbonyl (C=O) groups is 1. The van der Waals surface area contributed by atoms with E-state index >= 15 is 0 Å². The number of rotatable bonds is 4. The van der Waals surface area contributed by atoms with Crippen molar-refractivity contribution in [3.05, 3.63) is 22.4 Å². The van der Waals surface area contributed by atoms with Gasteiger partial charge in [-0.3, -0.25) is 4.79 Å². The zero-order valence-electron chi connectivity index (χ0n) is 10.5. The van der Waals surface area contributed by atoms with E-state index in [1.54, 1.807) is 25.6 Å². The lowest BCUT2D eigenvalue weighted by molar-refractivity contribution is -0.152. The Labute approximate surface area is 111 Å². The number of carboxylic acids is 1. The van der Waals surface area contributed by atoms with Crippen LogP contribution in [0.3, 0.4) is 0 Å². The normalized spacial score (nSPS) is 32.3. The standard InChI is InChI=1S/C13H18O4S/c1-16-10-7-11(17-2)9(13(14)15)6-8(10)12-4-3-5-18-12/h3-5,8-11H,6-7H2,1-2H3,(H,14,15)/t8-,9+,10+,11+/m1/s1. The first-order chi connectivity index (χ1) is 8.67. The molecule has 100 valence electrons. The molecular weight excluding hydrogens is 252 g/mol. The van der Waals surface area contributed by atoms with Crippen LogP contribution in [0.2, 0.25) is 0 Å². The average molecular weight is 270 g/mol. The SMILES string of the molecule is CO[C@H]1C[C@H](OC)[C@H](c2cccs2)C[C@@H]1C(=O)O. The topological polar surface area (TPSA) is 55.8 Å². The van der Waals surface area contributed by atoms with Crippen molar-refractivity contribution in [2.75, 3.05) is 14.2 Å². The highest BCUT2D eigenvalue weighted by Gasteiger charge is 2.42. The van der Waals surface area contributed by atoms with Gasteiger partial charge in [0.05, 0.1) is 18.1 Å². The van der Waals surface area contributed by atoms with Crippen LogP contribution < -0.4 is 0 Å². The Balaban J connectivity index is 2.21. The van der Waals surface area contributed by atoms with E-state index in [0.29, 0.717) is 12.8 Å². The van der Waals surface area contributed by atoms with E-state index in [1.807, 2.05) is 17.5 Å². The molecule has 1 aliphatic carbocycles. The van der Waals surface area contributed by atoms with E-state index in [0.717, 1.165) is 0 Å². The molecule has 0 radical (unpaired) electrons. The molecule has 1 fully saturated rings. The minimum Gasteiger partial charge on any atom is -0.481 e. The molecule has 1 aliphatic rings. The second-order valence-electron chi connectivity index (χ2n) is 4.59. The second-order valence-corrected chi connectivity index (χ2v) is 5.57. The van der Waals surface area contributed by atoms with E-state index in [2.05, 4.69) is 0 Å². The highest BCUT2D eigenvalue weighted by atomic mass is 32.1. The summed E-state index contributed by atoms with van der Waals surface area (Å²) in [6.45, 7) is 0. The van der Waals surface area contributed by atoms with E-state index in [-0.39, 0.29) is 18.1 Å². The lowest BCUT2D eigenvalue weighted by Crippen LogP contribution is -2.42. The van der Waals surface area contributed by atoms with Crippen LogP contribution in [0.5, 0.6) is 0 Å². The van der Waals surface area contributed by atoms with E-state index in [9.17, 15) is 9.90 Å². The summed E-state index contributed by atoms with van der Waals surface area (Å²) in [6, 6.07) is 4.04. The molecule has 1 aromatic rings. The van der Waals surface area contributed by atoms with Crippen LogP contribution in [0, 0.1) is 5.92 Å². The quantitative estimate of drug-likeness (QED) is 0.912. The maximum absolute atomic E-state index is 11.3. The Morgan fingerprint density at radius 1 is 1.33 bits per heavy atom. The van der Waals surface area contributed by atoms with Crippen LogP contribution in [-0.2, 0) is 14.3 Å². The van der Waals surface area contributed by atoms with Crippen molar-refractivity contribution < 1.29 is 19.4 Å². The summed E-state index contributed by atoms with van der Waals surface area (Å²) in [5, 5.41) is 11.3. The molecule has 0 amide bonds. The van der Waals surface area contributed by atoms with Crippen molar-refractivity contribution >= 4 is 17.3 Å². The Morgan fingerprint density at radius 2 is 2.06 bits per heavy atom. The number of carboxylic acid groups (broad SMARTS) is 1. The molecule has 1 heterocycles. The molecule has 0 aromatic carbocycles. The van der Waals surface area contributed by atoms with Crippen LogP contribution in [0.4, 0.5) is 0 Å². The molecule has 2 rings (SSSR count). The van der Waals surface area contributed by atoms with Gasteiger partial charge in [-0.15, -0.1) is 11.3 Å². The van der Waals surface area contributed by atoms with Crippen molar-refractivity contribution in [3.63, 3.8) is 0 Å². The zero-order chi connectivity index (χ0) is 13.1. The number of hydrogen-bond donors (Lipinski definition) is 1. The predicted molar refractivity (Wildman–Crippen MR) is 69.0 cm³/mol. The molecule has 1 saturated carbocycles. The van der Waals surface area contributed by atoms with Gasteiger partial charge < -0.3 is 14.6 Å². The van der Waals surface area contributed by atoms with Crippen LogP contribution in [0.25, 0.3) is 0 Å². The highest BCUT2D eigenvalue weighted by Crippen LogP contribution is 2.40. The van der Waals surface area contributed by atoms with Gasteiger partial charge >= 0.3 is 5.97 Å². The van der Waals surface area contributed by atoms with Gasteiger partial charge in [-0.2, -0.15) is 0 Å². The van der Waals surface area contributed by atoms with Crippen molar-refractivity contribution in [3.8, 4) is 0 Å². The summed E-state index contributed by atoms with van der Waals surface area (Å²) in [6.07, 6.45) is 0.979. The third-order valence-electron chi connectivity index (χ3n) is 3.70. The highest BCUT2D eigenvalue weighted by molar-refractivity contribution is 7.10. The minimum absolute atomic E-state index is 0.0317. The van der Waals surface area contributed by atoms with Gasteiger partial charge in [0.25, 0.3) is 0 Å². The maximum Gasteiger partial charge on any atom is 0.309 e. The summed E-state index contributed by atoms with van der Waals surface area (Å²) in [5.41, 5.74) is 0. The van der Waals surface area contributed by atoms with E-state index in [4.69, 9.17) is 9.47 Å². The van der Waals surface area contributed by atoms with Gasteiger partial charge in [0.1, 0.15) is 0 Å². The van der Waals surface area contributed by atoms with Gasteiger partial charge in [0.15, 0.2) is 0 Å². The summed E-state index contributed by atoms with van der Waals surface area (Å²) < 4.78 is 10.8. The third kappa shape index (κ3) is 2.58. The molecule has 18 heavy (non-hydrogen) atoms. The van der Waals surface area contributed by atoms with Gasteiger partial charge in [-0.25, -0.2) is 0 Å². The summed E-state index contributed by atoms with van der Waals surface area (Å²) in [5.74, 6) is -1.08. The molecule has 0 unspecified atom stereocenters. The first-order valence-corrected chi connectivity index (χ1v) is 6.87. The van der Waals surface area contributed by atoms with Crippen molar-refractivity contribution in [2.24, 2.45) is 5.92 Å². The summed E-state index contributed by atoms with van der Waals surface area (Å²) in [7, 11) is 3.25. The number of thiophene rings is 1. The van der Waals surface area contributed by atoms with Gasteiger partial charge in [-0.1, -0.05) is 6.07 Å². The number of ether oxygens (including phenoxy) is 2. The van der Waals surface area contributed by atoms with Gasteiger partial charge in [-0.05, 0) is 17.9 Å². The fraction of sp³-hybridized carbons (Fsp3) is 0.615. The van der Waals surface area contributed by atoms with Crippen LogP contribution in [0.15, 0.2) is 17.5 Å². The van der Waals surface area contributed by atoms with Gasteiger partial charge in [0, 0.05) is 31.4 Å². The fourth-order valence-corrected chi connectivity index (χ4v) is 3.61. The molecule has 0 saturated heterocycles. The number of methoxy groups -OCH3 is 2. The molecule has 1 N–H and O–H groups in total. The monoisotopic (exact) mass is 270 g/mol. The van der Waals surface area contributed by atoms with Crippen molar-refractivity contribution in [2.45, 2.75) is 31.0 Å². The average Bonchev–Trinajstić information content (AvgIpc) is 2.90. The van der Waals surface area contributed by atoms with E-state index in [1.165, 1.54) is 4.88 Å². The maximum atomic E-state index is 11.3. The van der Waals surface area contributed by atoms with Crippen LogP contribution >= 0.6 is 11.3 Å². The predicted octanol–water partition coefficient (Wildman–Crippen LogP) is 2.36. The molecular formula is C13H18O4S. The third-order valence-corrected chi connectivity index (χ3v) is 4.71. The number of aliphatic carboxylic acids is 1. The summed E-state index contributed by atoms with van der Waals surface area (Å²) in [4.78, 5) is 12.5. The molecule has 5 heteroatoms. The molecule has 4 atom stereocenters. The van der Waals surface area contributed by atoms with Crippen LogP contribution in [0.1, 0.15) is 23.6 Å². The van der Waals surface area contributed by atoms with Gasteiger partial charge in [0.2, 0.25) is 0 Å². The second kappa shape index (κ2) is 5.82. The Hall–Kier alpha value is -0.910. The smallest absolute Gasteiger partial charge is 0.309 e. The summed E-state index contributed by atoms with van der Waals surface area (Å²) >= 11 is 1.66. The molecule has 0 bridgehead atoms. The lowest BCUT2D eigenvalue weighted by Gasteiger charge is -2.38. The van der Waals surface area contributed by atoms with E-state index < -0.39 is 11.9 Å². The Bertz CT molecular complexity index is 390. The largest absolute Gasteiger partial charge is 0.481 e. The first-order valence-electron chi connectivity index (χ1n) is 5.99. The lowest BCUT2D eigenvalue weighted by atomic mass is 9.76. The minimum atomic E-state index is -0.780. The molecule has 0 spiro atoms. The zero-order valence-corrected chi connectivity index (χ0v) is 11.4. The van der Waals surface area contributed by atoms with Crippen molar-refractivity contribution in [1.82, 2.24) is 0 Å².